The third kappa shape index (κ3) is 3.23. The molecular formula is C17H19F2N. The summed E-state index contributed by atoms with van der Waals surface area (Å²) in [4.78, 5) is 0. The minimum absolute atomic E-state index is 0.307. The Balaban J connectivity index is 2.28. The molecule has 0 radical (unpaired) electrons. The predicted octanol–water partition coefficient (Wildman–Crippen LogP) is 4.09. The van der Waals surface area contributed by atoms with Crippen molar-refractivity contribution in [2.75, 3.05) is 7.05 Å². The molecule has 106 valence electrons. The molecule has 1 unspecified atom stereocenters. The van der Waals surface area contributed by atoms with Crippen LogP contribution in [0, 0.1) is 18.6 Å². The van der Waals surface area contributed by atoms with Gasteiger partial charge in [-0.1, -0.05) is 24.3 Å². The van der Waals surface area contributed by atoms with Gasteiger partial charge < -0.3 is 5.32 Å². The molecule has 0 aliphatic rings. The second-order valence-corrected chi connectivity index (χ2v) is 5.17. The molecule has 0 aromatic heterocycles. The van der Waals surface area contributed by atoms with Gasteiger partial charge in [0.15, 0.2) is 0 Å². The van der Waals surface area contributed by atoms with Crippen molar-refractivity contribution in [1.29, 1.82) is 0 Å². The fourth-order valence-electron chi connectivity index (χ4n) is 2.14. The minimum Gasteiger partial charge on any atom is -0.317 e. The van der Waals surface area contributed by atoms with Crippen molar-refractivity contribution in [2.45, 2.75) is 26.3 Å². The molecule has 0 fully saturated rings. The van der Waals surface area contributed by atoms with Crippen LogP contribution >= 0.6 is 0 Å². The monoisotopic (exact) mass is 275 g/mol. The Labute approximate surface area is 118 Å². The van der Waals surface area contributed by atoms with Gasteiger partial charge in [-0.3, -0.25) is 0 Å². The molecule has 0 spiro atoms. The normalized spacial score (nSPS) is 12.4. The molecule has 1 nitrogen and oxygen atoms in total. The summed E-state index contributed by atoms with van der Waals surface area (Å²) in [6.45, 7) is 3.66. The lowest BCUT2D eigenvalue weighted by atomic mass is 9.99. The standard InChI is InChI=1S/C17H19F2N/c1-11-8-17(19)15(10-16(11)18)14-6-4-13(5-7-14)9-12(2)20-3/h4-8,10,12,20H,9H2,1-3H3. The summed E-state index contributed by atoms with van der Waals surface area (Å²) in [5, 5.41) is 3.17. The Bertz CT molecular complexity index is 591. The van der Waals surface area contributed by atoms with Crippen LogP contribution in [0.2, 0.25) is 0 Å². The van der Waals surface area contributed by atoms with E-state index in [-0.39, 0.29) is 11.6 Å². The number of hydrogen-bond donors (Lipinski definition) is 1. The summed E-state index contributed by atoms with van der Waals surface area (Å²) >= 11 is 0. The van der Waals surface area contributed by atoms with Crippen molar-refractivity contribution in [3.8, 4) is 11.1 Å². The second kappa shape index (κ2) is 6.14. The molecule has 0 saturated heterocycles. The Hall–Kier alpha value is -1.74. The van der Waals surface area contributed by atoms with Gasteiger partial charge in [0.2, 0.25) is 0 Å². The van der Waals surface area contributed by atoms with E-state index >= 15 is 0 Å². The lowest BCUT2D eigenvalue weighted by Crippen LogP contribution is -2.23. The van der Waals surface area contributed by atoms with Crippen molar-refractivity contribution in [2.24, 2.45) is 0 Å². The summed E-state index contributed by atoms with van der Waals surface area (Å²) in [6, 6.07) is 10.5. The third-order valence-corrected chi connectivity index (χ3v) is 3.55. The number of halogens is 2. The first-order valence-corrected chi connectivity index (χ1v) is 6.73. The lowest BCUT2D eigenvalue weighted by Gasteiger charge is -2.11. The summed E-state index contributed by atoms with van der Waals surface area (Å²) in [6.07, 6.45) is 0.904. The molecule has 0 bridgehead atoms. The number of benzene rings is 2. The fraction of sp³-hybridized carbons (Fsp3) is 0.294. The van der Waals surface area contributed by atoms with Gasteiger partial charge in [-0.2, -0.15) is 0 Å². The molecule has 2 aromatic rings. The summed E-state index contributed by atoms with van der Waals surface area (Å²) in [5.41, 5.74) is 2.50. The zero-order chi connectivity index (χ0) is 14.7. The first-order chi connectivity index (χ1) is 9.51. The largest absolute Gasteiger partial charge is 0.317 e. The molecule has 2 aromatic carbocycles. The molecule has 0 aliphatic carbocycles. The zero-order valence-electron chi connectivity index (χ0n) is 12.0. The zero-order valence-corrected chi connectivity index (χ0v) is 12.0. The van der Waals surface area contributed by atoms with Gasteiger partial charge in [0, 0.05) is 11.6 Å². The molecule has 0 aliphatic heterocycles. The van der Waals surface area contributed by atoms with E-state index in [1.165, 1.54) is 17.7 Å². The highest BCUT2D eigenvalue weighted by atomic mass is 19.1. The molecule has 2 rings (SSSR count). The van der Waals surface area contributed by atoms with Gasteiger partial charge in [0.05, 0.1) is 0 Å². The first kappa shape index (κ1) is 14.7. The van der Waals surface area contributed by atoms with Crippen LogP contribution in [-0.4, -0.2) is 13.1 Å². The summed E-state index contributed by atoms with van der Waals surface area (Å²) in [7, 11) is 1.92. The van der Waals surface area contributed by atoms with Gasteiger partial charge in [-0.25, -0.2) is 8.78 Å². The van der Waals surface area contributed by atoms with Crippen molar-refractivity contribution in [3.05, 3.63) is 59.2 Å². The fourth-order valence-corrected chi connectivity index (χ4v) is 2.14. The van der Waals surface area contributed by atoms with Crippen molar-refractivity contribution < 1.29 is 8.78 Å². The maximum Gasteiger partial charge on any atom is 0.131 e. The molecule has 3 heteroatoms. The Morgan fingerprint density at radius 3 is 2.30 bits per heavy atom. The smallest absolute Gasteiger partial charge is 0.131 e. The molecule has 0 heterocycles. The Morgan fingerprint density at radius 1 is 1.05 bits per heavy atom. The highest BCUT2D eigenvalue weighted by Gasteiger charge is 2.09. The van der Waals surface area contributed by atoms with Crippen LogP contribution < -0.4 is 5.32 Å². The molecule has 1 N–H and O–H groups in total. The molecular weight excluding hydrogens is 256 g/mol. The lowest BCUT2D eigenvalue weighted by molar-refractivity contribution is 0.595. The number of likely N-dealkylation sites (N-methyl/N-ethyl adjacent to an activating group) is 1. The van der Waals surface area contributed by atoms with E-state index < -0.39 is 0 Å². The maximum absolute atomic E-state index is 13.9. The van der Waals surface area contributed by atoms with Gasteiger partial charge in [0.25, 0.3) is 0 Å². The number of nitrogens with one attached hydrogen (secondary N) is 1. The molecule has 0 amide bonds. The highest BCUT2D eigenvalue weighted by Crippen LogP contribution is 2.26. The van der Waals surface area contributed by atoms with Crippen LogP contribution in [0.5, 0.6) is 0 Å². The molecule has 0 saturated carbocycles. The first-order valence-electron chi connectivity index (χ1n) is 6.73. The summed E-state index contributed by atoms with van der Waals surface area (Å²) in [5.74, 6) is -0.769. The van der Waals surface area contributed by atoms with Crippen LogP contribution in [0.15, 0.2) is 36.4 Å². The van der Waals surface area contributed by atoms with Crippen LogP contribution in [0.4, 0.5) is 8.78 Å². The maximum atomic E-state index is 13.9. The van der Waals surface area contributed by atoms with Crippen molar-refractivity contribution in [1.82, 2.24) is 5.32 Å². The number of aryl methyl sites for hydroxylation is 1. The van der Waals surface area contributed by atoms with Crippen molar-refractivity contribution >= 4 is 0 Å². The minimum atomic E-state index is -0.389. The molecule has 1 atom stereocenters. The highest BCUT2D eigenvalue weighted by molar-refractivity contribution is 5.65. The van der Waals surface area contributed by atoms with Crippen LogP contribution in [0.3, 0.4) is 0 Å². The van der Waals surface area contributed by atoms with E-state index in [1.54, 1.807) is 6.92 Å². The van der Waals surface area contributed by atoms with E-state index in [2.05, 4.69) is 12.2 Å². The van der Waals surface area contributed by atoms with Crippen LogP contribution in [0.25, 0.3) is 11.1 Å². The van der Waals surface area contributed by atoms with Gasteiger partial charge in [-0.05, 0) is 56.1 Å². The topological polar surface area (TPSA) is 12.0 Å². The van der Waals surface area contributed by atoms with Crippen molar-refractivity contribution in [3.63, 3.8) is 0 Å². The third-order valence-electron chi connectivity index (χ3n) is 3.55. The van der Waals surface area contributed by atoms with Crippen LogP contribution in [0.1, 0.15) is 18.1 Å². The Kier molecular flexibility index (Phi) is 4.50. The van der Waals surface area contributed by atoms with E-state index in [9.17, 15) is 8.78 Å². The van der Waals surface area contributed by atoms with E-state index in [1.807, 2.05) is 31.3 Å². The number of rotatable bonds is 4. The predicted molar refractivity (Wildman–Crippen MR) is 78.8 cm³/mol. The van der Waals surface area contributed by atoms with E-state index in [0.29, 0.717) is 22.7 Å². The van der Waals surface area contributed by atoms with Gasteiger partial charge >= 0.3 is 0 Å². The van der Waals surface area contributed by atoms with Gasteiger partial charge in [-0.15, -0.1) is 0 Å². The van der Waals surface area contributed by atoms with Gasteiger partial charge in [0.1, 0.15) is 11.6 Å². The van der Waals surface area contributed by atoms with E-state index in [0.717, 1.165) is 6.42 Å². The Morgan fingerprint density at radius 2 is 1.70 bits per heavy atom. The van der Waals surface area contributed by atoms with E-state index in [4.69, 9.17) is 0 Å². The van der Waals surface area contributed by atoms with Crippen LogP contribution in [-0.2, 0) is 6.42 Å². The average Bonchev–Trinajstić information content (AvgIpc) is 2.44. The average molecular weight is 275 g/mol. The quantitative estimate of drug-likeness (QED) is 0.886. The second-order valence-electron chi connectivity index (χ2n) is 5.17. The summed E-state index contributed by atoms with van der Waals surface area (Å²) < 4.78 is 27.5. The number of hydrogen-bond acceptors (Lipinski definition) is 1. The molecule has 20 heavy (non-hydrogen) atoms. The SMILES string of the molecule is CNC(C)Cc1ccc(-c2cc(F)c(C)cc2F)cc1.